The number of amides is 1. The van der Waals surface area contributed by atoms with Gasteiger partial charge in [-0.1, -0.05) is 65.4 Å². The van der Waals surface area contributed by atoms with E-state index in [-0.39, 0.29) is 22.3 Å². The predicted octanol–water partition coefficient (Wildman–Crippen LogP) is 3.92. The third kappa shape index (κ3) is 4.24. The molecule has 3 aromatic carbocycles. The van der Waals surface area contributed by atoms with E-state index in [2.05, 4.69) is 5.32 Å². The molecule has 200 valence electrons. The van der Waals surface area contributed by atoms with Gasteiger partial charge < -0.3 is 14.8 Å². The fourth-order valence-electron chi connectivity index (χ4n) is 4.96. The number of fused-ring (bicyclic) bond motifs is 2. The first-order chi connectivity index (χ1) is 19.4. The first-order valence-electron chi connectivity index (χ1n) is 12.5. The molecule has 0 saturated heterocycles. The van der Waals surface area contributed by atoms with Crippen molar-refractivity contribution in [3.8, 4) is 5.75 Å². The van der Waals surface area contributed by atoms with Crippen LogP contribution >= 0.6 is 22.9 Å². The molecule has 2 aliphatic heterocycles. The van der Waals surface area contributed by atoms with Gasteiger partial charge in [-0.2, -0.15) is 0 Å². The number of hydrogen-bond acceptors (Lipinski definition) is 7. The van der Waals surface area contributed by atoms with Crippen LogP contribution in [0.2, 0.25) is 5.02 Å². The second-order valence-electron chi connectivity index (χ2n) is 9.04. The number of aromatic nitrogens is 1. The van der Waals surface area contributed by atoms with Gasteiger partial charge in [0.2, 0.25) is 0 Å². The Morgan fingerprint density at radius 1 is 1.07 bits per heavy atom. The quantitative estimate of drug-likeness (QED) is 0.366. The zero-order valence-electron chi connectivity index (χ0n) is 21.4. The van der Waals surface area contributed by atoms with Gasteiger partial charge >= 0.3 is 5.97 Å². The molecular weight excluding hydrogens is 550 g/mol. The van der Waals surface area contributed by atoms with Crippen molar-refractivity contribution in [1.29, 1.82) is 0 Å². The van der Waals surface area contributed by atoms with E-state index in [1.807, 2.05) is 30.3 Å². The fraction of sp³-hybridized carbons (Fsp3) is 0.133. The van der Waals surface area contributed by atoms with Gasteiger partial charge in [-0.25, -0.2) is 9.79 Å². The summed E-state index contributed by atoms with van der Waals surface area (Å²) < 4.78 is 12.5. The summed E-state index contributed by atoms with van der Waals surface area (Å²) in [5, 5.41) is 3.25. The van der Waals surface area contributed by atoms with Crippen LogP contribution in [0.25, 0.3) is 11.3 Å². The van der Waals surface area contributed by atoms with E-state index in [0.717, 1.165) is 11.3 Å². The van der Waals surface area contributed by atoms with E-state index in [4.69, 9.17) is 26.1 Å². The van der Waals surface area contributed by atoms with Gasteiger partial charge in [0.15, 0.2) is 4.80 Å². The van der Waals surface area contributed by atoms with E-state index in [1.54, 1.807) is 56.5 Å². The van der Waals surface area contributed by atoms with Gasteiger partial charge in [-0.3, -0.25) is 14.2 Å². The minimum Gasteiger partial charge on any atom is -0.497 e. The number of benzene rings is 3. The number of nitrogens with one attached hydrogen (secondary N) is 1. The highest BCUT2D eigenvalue weighted by atomic mass is 35.5. The number of ether oxygens (including phenoxy) is 2. The SMILES string of the molecule is CCOC(=O)C1=C(c2ccccc2)N=c2s/c(=C3\C(=O)Nc4ccc(Cl)cc43)c(=O)n2[C@H]1c1ccc(OC)cc1. The Morgan fingerprint density at radius 3 is 2.52 bits per heavy atom. The maximum Gasteiger partial charge on any atom is 0.338 e. The first kappa shape index (κ1) is 25.8. The third-order valence-corrected chi connectivity index (χ3v) is 8.02. The molecule has 0 bridgehead atoms. The molecule has 1 aromatic heterocycles. The predicted molar refractivity (Wildman–Crippen MR) is 153 cm³/mol. The minimum absolute atomic E-state index is 0.145. The number of carbonyl (C=O) groups is 2. The third-order valence-electron chi connectivity index (χ3n) is 6.73. The van der Waals surface area contributed by atoms with Crippen LogP contribution in [-0.2, 0) is 14.3 Å². The monoisotopic (exact) mass is 571 g/mol. The number of carbonyl (C=O) groups excluding carboxylic acids is 2. The number of esters is 1. The van der Waals surface area contributed by atoms with E-state index in [1.165, 1.54) is 4.57 Å². The van der Waals surface area contributed by atoms with Crippen molar-refractivity contribution in [1.82, 2.24) is 4.57 Å². The Bertz CT molecular complexity index is 1890. The maximum absolute atomic E-state index is 14.2. The number of rotatable bonds is 5. The number of hydrogen-bond donors (Lipinski definition) is 1. The maximum atomic E-state index is 14.2. The summed E-state index contributed by atoms with van der Waals surface area (Å²) in [5.74, 6) is -0.365. The summed E-state index contributed by atoms with van der Waals surface area (Å²) >= 11 is 7.34. The van der Waals surface area contributed by atoms with Crippen LogP contribution in [0.15, 0.2) is 88.2 Å². The molecule has 3 heterocycles. The average Bonchev–Trinajstić information content (AvgIpc) is 3.47. The minimum atomic E-state index is -0.867. The molecule has 0 fully saturated rings. The lowest BCUT2D eigenvalue weighted by Crippen LogP contribution is -2.40. The largest absolute Gasteiger partial charge is 0.497 e. The van der Waals surface area contributed by atoms with Crippen LogP contribution < -0.4 is 24.9 Å². The molecule has 10 heteroatoms. The van der Waals surface area contributed by atoms with E-state index in [9.17, 15) is 14.4 Å². The van der Waals surface area contributed by atoms with Crippen LogP contribution in [0.1, 0.15) is 29.7 Å². The summed E-state index contributed by atoms with van der Waals surface area (Å²) in [6, 6.07) is 20.6. The van der Waals surface area contributed by atoms with Crippen molar-refractivity contribution in [3.63, 3.8) is 0 Å². The smallest absolute Gasteiger partial charge is 0.338 e. The van der Waals surface area contributed by atoms with E-state index < -0.39 is 23.5 Å². The van der Waals surface area contributed by atoms with Crippen LogP contribution in [0.4, 0.5) is 5.69 Å². The summed E-state index contributed by atoms with van der Waals surface area (Å²) in [5.41, 5.74) is 2.85. The molecule has 0 saturated carbocycles. The molecule has 1 amide bonds. The topological polar surface area (TPSA) is 99.0 Å². The molecule has 0 radical (unpaired) electrons. The molecule has 2 aliphatic rings. The van der Waals surface area contributed by atoms with Gasteiger partial charge in [-0.15, -0.1) is 0 Å². The number of halogens is 1. The standard InChI is InChI=1S/C30H22ClN3O5S/c1-3-39-29(37)23-24(16-7-5-4-6-8-16)33-30-34(25(23)17-9-12-19(38-2)13-10-17)28(36)26(40-30)22-20-15-18(31)11-14-21(20)32-27(22)35/h4-15,25H,3H2,1-2H3,(H,32,35)/b26-22-/t25-/m0/s1. The Kier molecular flexibility index (Phi) is 6.61. The summed E-state index contributed by atoms with van der Waals surface area (Å²) in [6.07, 6.45) is 0. The molecule has 4 aromatic rings. The van der Waals surface area contributed by atoms with Gasteiger partial charge in [0, 0.05) is 21.8 Å². The summed E-state index contributed by atoms with van der Waals surface area (Å²) in [4.78, 5) is 46.1. The Hall–Kier alpha value is -4.47. The van der Waals surface area contributed by atoms with Crippen LogP contribution in [0.3, 0.4) is 0 Å². The van der Waals surface area contributed by atoms with Crippen molar-refractivity contribution >= 4 is 51.8 Å². The van der Waals surface area contributed by atoms with Crippen LogP contribution in [0.5, 0.6) is 5.75 Å². The Balaban J connectivity index is 1.71. The molecular formula is C30H22ClN3O5S. The zero-order valence-corrected chi connectivity index (χ0v) is 23.0. The van der Waals surface area contributed by atoms with Crippen molar-refractivity contribution in [2.75, 3.05) is 19.0 Å². The van der Waals surface area contributed by atoms with Crippen molar-refractivity contribution in [2.45, 2.75) is 13.0 Å². The highest BCUT2D eigenvalue weighted by Gasteiger charge is 2.36. The second-order valence-corrected chi connectivity index (χ2v) is 10.5. The van der Waals surface area contributed by atoms with Gasteiger partial charge in [0.1, 0.15) is 10.3 Å². The van der Waals surface area contributed by atoms with Crippen molar-refractivity contribution in [2.24, 2.45) is 4.99 Å². The molecule has 0 unspecified atom stereocenters. The molecule has 1 atom stereocenters. The second kappa shape index (κ2) is 10.3. The van der Waals surface area contributed by atoms with Crippen LogP contribution in [0, 0.1) is 0 Å². The first-order valence-corrected chi connectivity index (χ1v) is 13.7. The zero-order chi connectivity index (χ0) is 28.0. The summed E-state index contributed by atoms with van der Waals surface area (Å²) in [6.45, 7) is 1.87. The van der Waals surface area contributed by atoms with Gasteiger partial charge in [0.05, 0.1) is 36.6 Å². The number of methoxy groups -OCH3 is 1. The molecule has 0 aliphatic carbocycles. The molecule has 1 N–H and O–H groups in total. The van der Waals surface area contributed by atoms with Crippen molar-refractivity contribution in [3.05, 3.63) is 120 Å². The number of nitrogens with zero attached hydrogens (tertiary/aromatic N) is 2. The molecule has 40 heavy (non-hydrogen) atoms. The highest BCUT2D eigenvalue weighted by molar-refractivity contribution is 7.07. The van der Waals surface area contributed by atoms with Crippen LogP contribution in [-0.4, -0.2) is 30.2 Å². The fourth-order valence-corrected chi connectivity index (χ4v) is 6.23. The van der Waals surface area contributed by atoms with Gasteiger partial charge in [0.25, 0.3) is 11.5 Å². The highest BCUT2D eigenvalue weighted by Crippen LogP contribution is 2.36. The molecule has 6 rings (SSSR count). The summed E-state index contributed by atoms with van der Waals surface area (Å²) in [7, 11) is 1.56. The molecule has 0 spiro atoms. The Labute approximate surface area is 237 Å². The lowest BCUT2D eigenvalue weighted by molar-refractivity contribution is -0.138. The number of thiazole rings is 1. The lowest BCUT2D eigenvalue weighted by Gasteiger charge is -2.26. The van der Waals surface area contributed by atoms with E-state index >= 15 is 0 Å². The molecule has 8 nitrogen and oxygen atoms in total. The van der Waals surface area contributed by atoms with Crippen molar-refractivity contribution < 1.29 is 19.1 Å². The normalized spacial score (nSPS) is 17.1. The van der Waals surface area contributed by atoms with Gasteiger partial charge in [-0.05, 0) is 42.8 Å². The average molecular weight is 572 g/mol. The van der Waals surface area contributed by atoms with E-state index in [0.29, 0.717) is 43.6 Å². The number of anilines is 1. The Morgan fingerprint density at radius 2 is 1.82 bits per heavy atom. The lowest BCUT2D eigenvalue weighted by atomic mass is 9.93.